The van der Waals surface area contributed by atoms with Gasteiger partial charge in [-0.1, -0.05) is 35.4 Å². The maximum absolute atomic E-state index is 6.04. The van der Waals surface area contributed by atoms with Crippen LogP contribution in [0.25, 0.3) is 11.1 Å². The Bertz CT molecular complexity index is 550. The highest BCUT2D eigenvalue weighted by Crippen LogP contribution is 2.33. The van der Waals surface area contributed by atoms with Crippen LogP contribution in [0, 0.1) is 20.8 Å². The van der Waals surface area contributed by atoms with Gasteiger partial charge in [0.05, 0.1) is 0 Å². The van der Waals surface area contributed by atoms with Gasteiger partial charge in [-0.15, -0.1) is 0 Å². The van der Waals surface area contributed by atoms with Gasteiger partial charge < -0.3 is 5.73 Å². The summed E-state index contributed by atoms with van der Waals surface area (Å²) in [6.07, 6.45) is 0. The Hall–Kier alpha value is -1.47. The fourth-order valence-corrected chi connectivity index (χ4v) is 2.55. The van der Waals surface area contributed by atoms with Gasteiger partial charge in [-0.2, -0.15) is 0 Å². The first-order chi connectivity index (χ1) is 7.99. The topological polar surface area (TPSA) is 26.0 Å². The molecule has 2 heteroatoms. The second-order valence-electron chi connectivity index (χ2n) is 4.51. The molecular weight excluding hydrogens is 230 g/mol. The van der Waals surface area contributed by atoms with Gasteiger partial charge in [0.2, 0.25) is 0 Å². The van der Waals surface area contributed by atoms with Gasteiger partial charge >= 0.3 is 0 Å². The number of nitrogens with two attached hydrogens (primary N) is 1. The van der Waals surface area contributed by atoms with Crippen LogP contribution in [0.5, 0.6) is 0 Å². The highest BCUT2D eigenvalue weighted by Gasteiger charge is 2.09. The Morgan fingerprint density at radius 2 is 1.53 bits per heavy atom. The summed E-state index contributed by atoms with van der Waals surface area (Å²) in [4.78, 5) is 0. The first-order valence-electron chi connectivity index (χ1n) is 5.62. The molecule has 0 radical (unpaired) electrons. The van der Waals surface area contributed by atoms with Crippen LogP contribution < -0.4 is 5.73 Å². The van der Waals surface area contributed by atoms with Crippen LogP contribution in [0.15, 0.2) is 30.3 Å². The van der Waals surface area contributed by atoms with Gasteiger partial charge in [-0.25, -0.2) is 0 Å². The predicted octanol–water partition coefficient (Wildman–Crippen LogP) is 4.51. The quantitative estimate of drug-likeness (QED) is 0.735. The van der Waals surface area contributed by atoms with Crippen molar-refractivity contribution < 1.29 is 0 Å². The van der Waals surface area contributed by atoms with Crippen LogP contribution in [0.1, 0.15) is 16.7 Å². The summed E-state index contributed by atoms with van der Waals surface area (Å²) in [6, 6.07) is 10.0. The van der Waals surface area contributed by atoms with Crippen molar-refractivity contribution in [3.05, 3.63) is 52.0 Å². The molecular formula is C15H16ClN. The highest BCUT2D eigenvalue weighted by atomic mass is 35.5. The molecule has 0 aliphatic carbocycles. The van der Waals surface area contributed by atoms with E-state index in [1.807, 2.05) is 12.1 Å². The van der Waals surface area contributed by atoms with Crippen molar-refractivity contribution in [2.75, 3.05) is 5.73 Å². The lowest BCUT2D eigenvalue weighted by Gasteiger charge is -2.13. The molecule has 2 aromatic carbocycles. The zero-order valence-corrected chi connectivity index (χ0v) is 11.1. The molecule has 0 unspecified atom stereocenters. The monoisotopic (exact) mass is 245 g/mol. The van der Waals surface area contributed by atoms with E-state index < -0.39 is 0 Å². The van der Waals surface area contributed by atoms with Crippen molar-refractivity contribution >= 4 is 17.3 Å². The van der Waals surface area contributed by atoms with Gasteiger partial charge in [-0.05, 0) is 49.6 Å². The van der Waals surface area contributed by atoms with Crippen LogP contribution in [0.4, 0.5) is 5.69 Å². The summed E-state index contributed by atoms with van der Waals surface area (Å²) >= 11 is 5.93. The number of halogens is 1. The molecule has 0 atom stereocenters. The SMILES string of the molecule is Cc1cc(C)c(-c2ccc(Cl)cc2N)c(C)c1. The minimum atomic E-state index is 0.675. The van der Waals surface area contributed by atoms with Gasteiger partial charge in [-0.3, -0.25) is 0 Å². The number of hydrogen-bond donors (Lipinski definition) is 1. The summed E-state index contributed by atoms with van der Waals surface area (Å²) in [6.45, 7) is 6.34. The van der Waals surface area contributed by atoms with Crippen molar-refractivity contribution in [3.8, 4) is 11.1 Å². The molecule has 0 bridgehead atoms. The first-order valence-corrected chi connectivity index (χ1v) is 6.00. The van der Waals surface area contributed by atoms with Gasteiger partial charge in [0.15, 0.2) is 0 Å². The van der Waals surface area contributed by atoms with E-state index in [-0.39, 0.29) is 0 Å². The second kappa shape index (κ2) is 4.42. The largest absolute Gasteiger partial charge is 0.398 e. The summed E-state index contributed by atoms with van der Waals surface area (Å²) in [5.41, 5.74) is 12.8. The van der Waals surface area contributed by atoms with Crippen molar-refractivity contribution in [2.45, 2.75) is 20.8 Å². The Morgan fingerprint density at radius 3 is 2.06 bits per heavy atom. The van der Waals surface area contributed by atoms with Crippen LogP contribution in [0.3, 0.4) is 0 Å². The van der Waals surface area contributed by atoms with E-state index in [1.165, 1.54) is 22.3 Å². The minimum absolute atomic E-state index is 0.675. The fourth-order valence-electron chi connectivity index (χ4n) is 2.37. The number of nitrogen functional groups attached to an aromatic ring is 1. The molecule has 0 aliphatic rings. The average molecular weight is 246 g/mol. The number of aryl methyl sites for hydroxylation is 3. The Morgan fingerprint density at radius 1 is 0.941 bits per heavy atom. The molecule has 0 aliphatic heterocycles. The van der Waals surface area contributed by atoms with Crippen molar-refractivity contribution in [1.29, 1.82) is 0 Å². The molecule has 88 valence electrons. The summed E-state index contributed by atoms with van der Waals surface area (Å²) < 4.78 is 0. The van der Waals surface area contributed by atoms with E-state index in [1.54, 1.807) is 6.07 Å². The molecule has 2 rings (SSSR count). The van der Waals surface area contributed by atoms with Crippen LogP contribution >= 0.6 is 11.6 Å². The molecule has 0 heterocycles. The van der Waals surface area contributed by atoms with Gasteiger partial charge in [0.25, 0.3) is 0 Å². The standard InChI is InChI=1S/C15H16ClN/c1-9-6-10(2)15(11(3)7-9)13-5-4-12(16)8-14(13)17/h4-8H,17H2,1-3H3. The molecule has 0 spiro atoms. The predicted molar refractivity (Wildman–Crippen MR) is 75.5 cm³/mol. The number of benzene rings is 2. The zero-order valence-electron chi connectivity index (χ0n) is 10.3. The Labute approximate surface area is 107 Å². The van der Waals surface area contributed by atoms with E-state index in [0.717, 1.165) is 11.3 Å². The molecule has 1 nitrogen and oxygen atoms in total. The number of anilines is 1. The smallest absolute Gasteiger partial charge is 0.0426 e. The fraction of sp³-hybridized carbons (Fsp3) is 0.200. The van der Waals surface area contributed by atoms with Crippen molar-refractivity contribution in [2.24, 2.45) is 0 Å². The summed E-state index contributed by atoms with van der Waals surface area (Å²) in [5, 5.41) is 0.675. The van der Waals surface area contributed by atoms with E-state index >= 15 is 0 Å². The van der Waals surface area contributed by atoms with E-state index in [2.05, 4.69) is 32.9 Å². The van der Waals surface area contributed by atoms with Crippen LogP contribution in [-0.2, 0) is 0 Å². The minimum Gasteiger partial charge on any atom is -0.398 e. The Kier molecular flexibility index (Phi) is 3.12. The zero-order chi connectivity index (χ0) is 12.6. The average Bonchev–Trinajstić information content (AvgIpc) is 2.19. The highest BCUT2D eigenvalue weighted by molar-refractivity contribution is 6.31. The normalized spacial score (nSPS) is 10.6. The molecule has 0 saturated carbocycles. The lowest BCUT2D eigenvalue weighted by atomic mass is 9.93. The maximum atomic E-state index is 6.04. The third-order valence-corrected chi connectivity index (χ3v) is 3.20. The summed E-state index contributed by atoms with van der Waals surface area (Å²) in [7, 11) is 0. The number of hydrogen-bond acceptors (Lipinski definition) is 1. The van der Waals surface area contributed by atoms with Crippen LogP contribution in [0.2, 0.25) is 5.02 Å². The summed E-state index contributed by atoms with van der Waals surface area (Å²) in [5.74, 6) is 0. The molecule has 17 heavy (non-hydrogen) atoms. The van der Waals surface area contributed by atoms with Gasteiger partial charge in [0, 0.05) is 16.3 Å². The van der Waals surface area contributed by atoms with E-state index in [0.29, 0.717) is 5.02 Å². The second-order valence-corrected chi connectivity index (χ2v) is 4.94. The molecule has 0 aromatic heterocycles. The van der Waals surface area contributed by atoms with E-state index in [4.69, 9.17) is 17.3 Å². The molecule has 2 aromatic rings. The number of rotatable bonds is 1. The lowest BCUT2D eigenvalue weighted by molar-refractivity contribution is 1.32. The third-order valence-electron chi connectivity index (χ3n) is 2.96. The van der Waals surface area contributed by atoms with Crippen LogP contribution in [-0.4, -0.2) is 0 Å². The maximum Gasteiger partial charge on any atom is 0.0426 e. The van der Waals surface area contributed by atoms with E-state index in [9.17, 15) is 0 Å². The lowest BCUT2D eigenvalue weighted by Crippen LogP contribution is -1.95. The third kappa shape index (κ3) is 2.29. The van der Waals surface area contributed by atoms with Crippen molar-refractivity contribution in [1.82, 2.24) is 0 Å². The molecule has 2 N–H and O–H groups in total. The first kappa shape index (κ1) is 12.0. The van der Waals surface area contributed by atoms with Gasteiger partial charge in [0.1, 0.15) is 0 Å². The molecule has 0 saturated heterocycles. The molecule has 0 amide bonds. The Balaban J connectivity index is 2.68. The van der Waals surface area contributed by atoms with Crippen molar-refractivity contribution in [3.63, 3.8) is 0 Å². The molecule has 0 fully saturated rings.